The van der Waals surface area contributed by atoms with Crippen LogP contribution >= 0.6 is 11.6 Å². The minimum Gasteiger partial charge on any atom is -0.351 e. The molecule has 0 atom stereocenters. The number of benzene rings is 3. The molecule has 31 heavy (non-hydrogen) atoms. The Balaban J connectivity index is 1.66. The fraction of sp³-hybridized carbons (Fsp3) is 0.208. The summed E-state index contributed by atoms with van der Waals surface area (Å²) in [7, 11) is 4.04. The van der Waals surface area contributed by atoms with Gasteiger partial charge in [-0.3, -0.25) is 14.9 Å². The first-order chi connectivity index (χ1) is 14.8. The van der Waals surface area contributed by atoms with Crippen molar-refractivity contribution < 1.29 is 9.72 Å². The third kappa shape index (κ3) is 6.13. The van der Waals surface area contributed by atoms with Crippen molar-refractivity contribution in [1.29, 1.82) is 0 Å². The fourth-order valence-electron chi connectivity index (χ4n) is 3.29. The van der Waals surface area contributed by atoms with Gasteiger partial charge in [0.05, 0.1) is 4.92 Å². The lowest BCUT2D eigenvalue weighted by Crippen LogP contribution is -2.26. The van der Waals surface area contributed by atoms with Gasteiger partial charge in [0, 0.05) is 24.2 Å². The lowest BCUT2D eigenvalue weighted by atomic mass is 10.0. The van der Waals surface area contributed by atoms with Crippen molar-refractivity contribution in [3.05, 3.63) is 98.6 Å². The second-order valence-electron chi connectivity index (χ2n) is 7.56. The van der Waals surface area contributed by atoms with Crippen molar-refractivity contribution in [2.75, 3.05) is 20.6 Å². The summed E-state index contributed by atoms with van der Waals surface area (Å²) >= 11 is 5.90. The lowest BCUT2D eigenvalue weighted by Gasteiger charge is -2.10. The predicted octanol–water partition coefficient (Wildman–Crippen LogP) is 4.95. The molecule has 1 N–H and O–H groups in total. The molecule has 0 aliphatic carbocycles. The first-order valence-corrected chi connectivity index (χ1v) is 10.3. The molecule has 0 aromatic heterocycles. The van der Waals surface area contributed by atoms with Gasteiger partial charge in [0.15, 0.2) is 0 Å². The highest BCUT2D eigenvalue weighted by Gasteiger charge is 2.21. The minimum absolute atomic E-state index is 0.0454. The van der Waals surface area contributed by atoms with Crippen LogP contribution in [0.2, 0.25) is 5.02 Å². The second kappa shape index (κ2) is 10.2. The molecule has 0 bridgehead atoms. The van der Waals surface area contributed by atoms with E-state index in [1.165, 1.54) is 17.7 Å². The van der Waals surface area contributed by atoms with Crippen LogP contribution in [0.5, 0.6) is 0 Å². The maximum atomic E-state index is 12.6. The molecule has 0 fully saturated rings. The van der Waals surface area contributed by atoms with E-state index in [2.05, 4.69) is 22.3 Å². The number of amides is 1. The number of rotatable bonds is 8. The number of nitro benzene ring substituents is 1. The number of nitro groups is 1. The van der Waals surface area contributed by atoms with E-state index in [9.17, 15) is 14.9 Å². The van der Waals surface area contributed by atoms with E-state index < -0.39 is 10.8 Å². The molecule has 0 aliphatic heterocycles. The van der Waals surface area contributed by atoms with Gasteiger partial charge in [-0.1, -0.05) is 54.1 Å². The van der Waals surface area contributed by atoms with Gasteiger partial charge in [-0.05, 0) is 61.0 Å². The highest BCUT2D eigenvalue weighted by molar-refractivity contribution is 6.30. The fourth-order valence-corrected chi connectivity index (χ4v) is 3.41. The summed E-state index contributed by atoms with van der Waals surface area (Å²) in [5, 5.41) is 14.9. The number of hydrogen-bond acceptors (Lipinski definition) is 4. The number of hydrogen-bond donors (Lipinski definition) is 1. The van der Waals surface area contributed by atoms with Crippen LogP contribution in [0.1, 0.15) is 21.5 Å². The van der Waals surface area contributed by atoms with Crippen LogP contribution in [0.3, 0.4) is 0 Å². The van der Waals surface area contributed by atoms with Crippen molar-refractivity contribution in [2.45, 2.75) is 13.0 Å². The molecule has 1 amide bonds. The Bertz CT molecular complexity index is 1060. The van der Waals surface area contributed by atoms with Crippen molar-refractivity contribution in [1.82, 2.24) is 10.2 Å². The Morgan fingerprint density at radius 3 is 2.19 bits per heavy atom. The molecule has 0 radical (unpaired) electrons. The standard InChI is InChI=1S/C24H24ClN3O3/c1-27(2)16-18-5-3-17(4-6-18)13-14-26-24(29)22-12-9-20(15-23(22)28(30)31)19-7-10-21(25)11-8-19/h3-12,15H,13-14,16H2,1-2H3,(H,26,29). The molecule has 0 aliphatic rings. The summed E-state index contributed by atoms with van der Waals surface area (Å²) < 4.78 is 0. The Morgan fingerprint density at radius 1 is 0.968 bits per heavy atom. The van der Waals surface area contributed by atoms with Crippen molar-refractivity contribution in [3.63, 3.8) is 0 Å². The first-order valence-electron chi connectivity index (χ1n) is 9.88. The van der Waals surface area contributed by atoms with E-state index in [-0.39, 0.29) is 11.3 Å². The molecule has 0 saturated carbocycles. The maximum Gasteiger partial charge on any atom is 0.282 e. The zero-order chi connectivity index (χ0) is 22.4. The molecule has 0 spiro atoms. The monoisotopic (exact) mass is 437 g/mol. The molecule has 7 heteroatoms. The summed E-state index contributed by atoms with van der Waals surface area (Å²) in [5.74, 6) is -0.460. The number of carbonyl (C=O) groups is 1. The topological polar surface area (TPSA) is 75.5 Å². The van der Waals surface area contributed by atoms with Crippen LogP contribution in [0.4, 0.5) is 5.69 Å². The summed E-state index contributed by atoms with van der Waals surface area (Å²) in [6, 6.07) is 19.8. The summed E-state index contributed by atoms with van der Waals surface area (Å²) in [6.45, 7) is 1.26. The number of nitrogens with zero attached hydrogens (tertiary/aromatic N) is 2. The smallest absolute Gasteiger partial charge is 0.282 e. The maximum absolute atomic E-state index is 12.6. The minimum atomic E-state index is -0.530. The molecule has 6 nitrogen and oxygen atoms in total. The van der Waals surface area contributed by atoms with Gasteiger partial charge < -0.3 is 10.2 Å². The molecule has 3 rings (SSSR count). The van der Waals surface area contributed by atoms with Gasteiger partial charge in [0.1, 0.15) is 5.56 Å². The molecular formula is C24H24ClN3O3. The van der Waals surface area contributed by atoms with E-state index >= 15 is 0 Å². The van der Waals surface area contributed by atoms with Gasteiger partial charge >= 0.3 is 0 Å². The lowest BCUT2D eigenvalue weighted by molar-refractivity contribution is -0.385. The Hall–Kier alpha value is -3.22. The summed E-state index contributed by atoms with van der Waals surface area (Å²) in [4.78, 5) is 25.7. The summed E-state index contributed by atoms with van der Waals surface area (Å²) in [6.07, 6.45) is 0.643. The van der Waals surface area contributed by atoms with Gasteiger partial charge in [0.25, 0.3) is 11.6 Å². The van der Waals surface area contributed by atoms with Gasteiger partial charge in [-0.15, -0.1) is 0 Å². The van der Waals surface area contributed by atoms with E-state index in [1.807, 2.05) is 26.2 Å². The predicted molar refractivity (Wildman–Crippen MR) is 123 cm³/mol. The SMILES string of the molecule is CN(C)Cc1ccc(CCNC(=O)c2ccc(-c3ccc(Cl)cc3)cc2[N+](=O)[O-])cc1. The zero-order valence-corrected chi connectivity index (χ0v) is 18.2. The van der Waals surface area contributed by atoms with Gasteiger partial charge in [0.2, 0.25) is 0 Å². The Labute approximate surface area is 186 Å². The van der Waals surface area contributed by atoms with Crippen LogP contribution < -0.4 is 5.32 Å². The molecule has 0 saturated heterocycles. The molecule has 3 aromatic carbocycles. The largest absolute Gasteiger partial charge is 0.351 e. The normalized spacial score (nSPS) is 10.8. The molecule has 3 aromatic rings. The van der Waals surface area contributed by atoms with E-state index in [0.717, 1.165) is 17.7 Å². The van der Waals surface area contributed by atoms with Crippen LogP contribution in [0.15, 0.2) is 66.7 Å². The average Bonchev–Trinajstić information content (AvgIpc) is 2.74. The Morgan fingerprint density at radius 2 is 1.58 bits per heavy atom. The average molecular weight is 438 g/mol. The quantitative estimate of drug-likeness (QED) is 0.399. The molecular weight excluding hydrogens is 414 g/mol. The van der Waals surface area contributed by atoms with E-state index in [0.29, 0.717) is 23.6 Å². The third-order valence-corrected chi connectivity index (χ3v) is 5.09. The van der Waals surface area contributed by atoms with E-state index in [1.54, 1.807) is 30.3 Å². The van der Waals surface area contributed by atoms with Crippen molar-refractivity contribution in [3.8, 4) is 11.1 Å². The second-order valence-corrected chi connectivity index (χ2v) is 7.99. The molecule has 160 valence electrons. The molecule has 0 heterocycles. The zero-order valence-electron chi connectivity index (χ0n) is 17.5. The third-order valence-electron chi connectivity index (χ3n) is 4.84. The van der Waals surface area contributed by atoms with Gasteiger partial charge in [-0.25, -0.2) is 0 Å². The van der Waals surface area contributed by atoms with E-state index in [4.69, 9.17) is 11.6 Å². The Kier molecular flexibility index (Phi) is 7.39. The van der Waals surface area contributed by atoms with Crippen molar-refractivity contribution in [2.24, 2.45) is 0 Å². The van der Waals surface area contributed by atoms with Gasteiger partial charge in [-0.2, -0.15) is 0 Å². The van der Waals surface area contributed by atoms with Crippen molar-refractivity contribution >= 4 is 23.2 Å². The van der Waals surface area contributed by atoms with Crippen LogP contribution in [-0.2, 0) is 13.0 Å². The number of nitrogens with one attached hydrogen (secondary N) is 1. The number of carbonyl (C=O) groups excluding carboxylic acids is 1. The van der Waals surface area contributed by atoms with Crippen LogP contribution in [-0.4, -0.2) is 36.4 Å². The van der Waals surface area contributed by atoms with Crippen LogP contribution in [0.25, 0.3) is 11.1 Å². The van der Waals surface area contributed by atoms with Crippen LogP contribution in [0, 0.1) is 10.1 Å². The molecule has 0 unspecified atom stereocenters. The number of halogens is 1. The highest BCUT2D eigenvalue weighted by atomic mass is 35.5. The first kappa shape index (κ1) is 22.5. The highest BCUT2D eigenvalue weighted by Crippen LogP contribution is 2.28. The summed E-state index contributed by atoms with van der Waals surface area (Å²) in [5.41, 5.74) is 3.57.